The number of hydrogen-bond donors (Lipinski definition) is 1. The van der Waals surface area contributed by atoms with Crippen LogP contribution in [-0.4, -0.2) is 36.4 Å². The van der Waals surface area contributed by atoms with Gasteiger partial charge in [0.05, 0.1) is 17.2 Å². The van der Waals surface area contributed by atoms with Crippen molar-refractivity contribution in [2.24, 2.45) is 0 Å². The van der Waals surface area contributed by atoms with Gasteiger partial charge in [0.2, 0.25) is 0 Å². The number of ether oxygens (including phenoxy) is 1. The molecule has 1 N–H and O–H groups in total. The van der Waals surface area contributed by atoms with Crippen LogP contribution in [0.4, 0.5) is 11.4 Å². The predicted molar refractivity (Wildman–Crippen MR) is 99.4 cm³/mol. The molecule has 2 amide bonds. The number of likely N-dealkylation sites (N-methyl/N-ethyl adjacent to an activating group) is 1. The monoisotopic (exact) mass is 367 g/mol. The second-order valence-electron chi connectivity index (χ2n) is 5.82. The van der Waals surface area contributed by atoms with E-state index in [2.05, 4.69) is 5.32 Å². The van der Waals surface area contributed by atoms with Crippen LogP contribution in [0.25, 0.3) is 6.08 Å². The maximum atomic E-state index is 12.7. The molecule has 0 saturated heterocycles. The summed E-state index contributed by atoms with van der Waals surface area (Å²) in [5, 5.41) is 13.4. The van der Waals surface area contributed by atoms with Crippen LogP contribution in [0.3, 0.4) is 0 Å². The zero-order valence-corrected chi connectivity index (χ0v) is 14.5. The van der Waals surface area contributed by atoms with Crippen molar-refractivity contribution in [3.8, 4) is 5.75 Å². The number of para-hydroxylation sites is 2. The molecule has 0 unspecified atom stereocenters. The summed E-state index contributed by atoms with van der Waals surface area (Å²) in [5.41, 5.74) is 1.04. The number of nitrogens with one attached hydrogen (secondary N) is 1. The molecule has 1 aliphatic rings. The van der Waals surface area contributed by atoms with E-state index in [4.69, 9.17) is 4.74 Å². The van der Waals surface area contributed by atoms with E-state index < -0.39 is 11.0 Å². The molecule has 0 radical (unpaired) electrons. The number of amides is 2. The topological polar surface area (TPSA) is 102 Å². The first-order valence-corrected chi connectivity index (χ1v) is 8.21. The molecule has 1 aliphatic heterocycles. The van der Waals surface area contributed by atoms with Crippen LogP contribution in [0.1, 0.15) is 5.56 Å². The number of fused-ring (bicyclic) bond motifs is 1. The summed E-state index contributed by atoms with van der Waals surface area (Å²) in [5.74, 6) is -0.245. The highest BCUT2D eigenvalue weighted by molar-refractivity contribution is 6.05. The highest BCUT2D eigenvalue weighted by atomic mass is 16.6. The Hall–Kier alpha value is -3.68. The molecular weight excluding hydrogens is 350 g/mol. The number of carbonyl (C=O) groups excluding carboxylic acids is 2. The van der Waals surface area contributed by atoms with Gasteiger partial charge in [-0.3, -0.25) is 19.7 Å². The van der Waals surface area contributed by atoms with Crippen molar-refractivity contribution in [3.05, 3.63) is 70.3 Å². The average molecular weight is 367 g/mol. The zero-order valence-electron chi connectivity index (χ0n) is 14.5. The van der Waals surface area contributed by atoms with Gasteiger partial charge in [0, 0.05) is 25.3 Å². The Bertz CT molecular complexity index is 925. The van der Waals surface area contributed by atoms with Crippen LogP contribution in [-0.2, 0) is 9.59 Å². The molecule has 0 aliphatic carbocycles. The van der Waals surface area contributed by atoms with Crippen molar-refractivity contribution < 1.29 is 19.2 Å². The summed E-state index contributed by atoms with van der Waals surface area (Å²) < 4.78 is 5.66. The molecular formula is C19H17N3O5. The second-order valence-corrected chi connectivity index (χ2v) is 5.82. The number of nitro groups is 1. The maximum Gasteiger partial charge on any atom is 0.270 e. The largest absolute Gasteiger partial charge is 0.477 e. The van der Waals surface area contributed by atoms with E-state index in [1.165, 1.54) is 36.2 Å². The van der Waals surface area contributed by atoms with E-state index in [1.807, 2.05) is 0 Å². The number of benzene rings is 2. The molecule has 8 nitrogen and oxygen atoms in total. The van der Waals surface area contributed by atoms with Crippen LogP contribution in [0.2, 0.25) is 0 Å². The minimum Gasteiger partial charge on any atom is -0.477 e. The normalized spacial score (nSPS) is 15.7. The number of carbonyl (C=O) groups is 2. The van der Waals surface area contributed by atoms with E-state index in [-0.39, 0.29) is 24.0 Å². The Morgan fingerprint density at radius 3 is 2.78 bits per heavy atom. The summed E-state index contributed by atoms with van der Waals surface area (Å²) in [7, 11) is 1.50. The average Bonchev–Trinajstić information content (AvgIpc) is 2.70. The number of anilines is 1. The van der Waals surface area contributed by atoms with Gasteiger partial charge in [0.15, 0.2) is 6.10 Å². The van der Waals surface area contributed by atoms with Crippen LogP contribution in [0.5, 0.6) is 5.75 Å². The number of rotatable bonds is 4. The number of hydrogen-bond acceptors (Lipinski definition) is 5. The fraction of sp³-hybridized carbons (Fsp3) is 0.158. The van der Waals surface area contributed by atoms with Gasteiger partial charge in [-0.1, -0.05) is 24.3 Å². The lowest BCUT2D eigenvalue weighted by atomic mass is 10.1. The molecule has 0 spiro atoms. The fourth-order valence-electron chi connectivity index (χ4n) is 2.74. The Morgan fingerprint density at radius 2 is 2.04 bits per heavy atom. The van der Waals surface area contributed by atoms with Gasteiger partial charge in [-0.25, -0.2) is 0 Å². The molecule has 8 heteroatoms. The number of nitro benzene ring substituents is 1. The van der Waals surface area contributed by atoms with E-state index in [0.29, 0.717) is 17.0 Å². The van der Waals surface area contributed by atoms with Crippen molar-refractivity contribution in [1.82, 2.24) is 5.32 Å². The highest BCUT2D eigenvalue weighted by Gasteiger charge is 2.32. The van der Waals surface area contributed by atoms with Crippen molar-refractivity contribution in [2.45, 2.75) is 6.10 Å². The molecule has 1 heterocycles. The standard InChI is InChI=1S/C19H17N3O5/c1-20-19(24)17-12-21(15-7-2-3-8-16(15)27-17)18(23)10-9-13-5-4-6-14(11-13)22(25)26/h2-11,17H,12H2,1H3,(H,20,24)/b10-9+/t17-/m1/s1. The van der Waals surface area contributed by atoms with Crippen molar-refractivity contribution in [3.63, 3.8) is 0 Å². The van der Waals surface area contributed by atoms with E-state index in [9.17, 15) is 19.7 Å². The number of non-ortho nitro benzene ring substituents is 1. The first-order chi connectivity index (χ1) is 13.0. The molecule has 2 aromatic carbocycles. The molecule has 138 valence electrons. The molecule has 27 heavy (non-hydrogen) atoms. The molecule has 0 saturated carbocycles. The smallest absolute Gasteiger partial charge is 0.270 e. The third-order valence-corrected chi connectivity index (χ3v) is 4.08. The van der Waals surface area contributed by atoms with Crippen molar-refractivity contribution >= 4 is 29.3 Å². The minimum atomic E-state index is -0.819. The van der Waals surface area contributed by atoms with Gasteiger partial charge in [0.25, 0.3) is 17.5 Å². The third-order valence-electron chi connectivity index (χ3n) is 4.08. The summed E-state index contributed by atoms with van der Waals surface area (Å²) in [6, 6.07) is 12.9. The first kappa shape index (κ1) is 18.1. The van der Waals surface area contributed by atoms with E-state index in [1.54, 1.807) is 36.4 Å². The molecule has 3 rings (SSSR count). The fourth-order valence-corrected chi connectivity index (χ4v) is 2.74. The number of nitrogens with zero attached hydrogens (tertiary/aromatic N) is 2. The Morgan fingerprint density at radius 1 is 1.26 bits per heavy atom. The van der Waals surface area contributed by atoms with Crippen LogP contribution < -0.4 is 15.0 Å². The molecule has 0 bridgehead atoms. The van der Waals surface area contributed by atoms with Crippen molar-refractivity contribution in [2.75, 3.05) is 18.5 Å². The lowest BCUT2D eigenvalue weighted by molar-refractivity contribution is -0.384. The molecule has 0 fully saturated rings. The Kier molecular flexibility index (Phi) is 5.16. The lowest BCUT2D eigenvalue weighted by Crippen LogP contribution is -2.49. The summed E-state index contributed by atoms with van der Waals surface area (Å²) in [6.45, 7) is 0.0643. The van der Waals surface area contributed by atoms with Gasteiger partial charge in [-0.05, 0) is 23.8 Å². The summed E-state index contributed by atoms with van der Waals surface area (Å²) >= 11 is 0. The Labute approximate surface area is 155 Å². The van der Waals surface area contributed by atoms with E-state index >= 15 is 0 Å². The van der Waals surface area contributed by atoms with Gasteiger partial charge >= 0.3 is 0 Å². The van der Waals surface area contributed by atoms with Gasteiger partial charge in [-0.2, -0.15) is 0 Å². The predicted octanol–water partition coefficient (Wildman–Crippen LogP) is 2.15. The van der Waals surface area contributed by atoms with Gasteiger partial charge < -0.3 is 15.0 Å². The minimum absolute atomic E-state index is 0.0546. The second kappa shape index (κ2) is 7.69. The zero-order chi connectivity index (χ0) is 19.4. The van der Waals surface area contributed by atoms with E-state index in [0.717, 1.165) is 0 Å². The first-order valence-electron chi connectivity index (χ1n) is 8.21. The van der Waals surface area contributed by atoms with Gasteiger partial charge in [-0.15, -0.1) is 0 Å². The van der Waals surface area contributed by atoms with Crippen molar-refractivity contribution in [1.29, 1.82) is 0 Å². The third kappa shape index (κ3) is 3.95. The summed E-state index contributed by atoms with van der Waals surface area (Å²) in [6.07, 6.45) is 2.00. The SMILES string of the molecule is CNC(=O)[C@H]1CN(C(=O)/C=C/c2cccc([N+](=O)[O-])c2)c2ccccc2O1. The van der Waals surface area contributed by atoms with Crippen LogP contribution in [0.15, 0.2) is 54.6 Å². The molecule has 1 atom stereocenters. The molecule has 0 aromatic heterocycles. The molecule has 2 aromatic rings. The quantitative estimate of drug-likeness (QED) is 0.507. The van der Waals surface area contributed by atoms with Gasteiger partial charge in [0.1, 0.15) is 5.75 Å². The Balaban J connectivity index is 1.85. The van der Waals surface area contributed by atoms with Crippen LogP contribution in [0, 0.1) is 10.1 Å². The lowest BCUT2D eigenvalue weighted by Gasteiger charge is -2.33. The highest BCUT2D eigenvalue weighted by Crippen LogP contribution is 2.33. The summed E-state index contributed by atoms with van der Waals surface area (Å²) in [4.78, 5) is 36.5. The maximum absolute atomic E-state index is 12.7. The van der Waals surface area contributed by atoms with Crippen LogP contribution >= 0.6 is 0 Å².